The predicted octanol–water partition coefficient (Wildman–Crippen LogP) is 2.47. The summed E-state index contributed by atoms with van der Waals surface area (Å²) in [5, 5.41) is 7.74. The number of benzene rings is 1. The van der Waals surface area contributed by atoms with E-state index in [4.69, 9.17) is 17.3 Å². The molecular weight excluding hydrogens is 276 g/mol. The number of amides is 1. The van der Waals surface area contributed by atoms with Gasteiger partial charge in [-0.25, -0.2) is 4.68 Å². The van der Waals surface area contributed by atoms with Crippen molar-refractivity contribution in [2.45, 2.75) is 20.8 Å². The number of hydrogen-bond acceptors (Lipinski definition) is 3. The van der Waals surface area contributed by atoms with Crippen molar-refractivity contribution >= 4 is 23.2 Å². The van der Waals surface area contributed by atoms with Gasteiger partial charge in [0, 0.05) is 12.2 Å². The molecule has 6 heteroatoms. The maximum atomic E-state index is 12.1. The van der Waals surface area contributed by atoms with Crippen LogP contribution in [-0.2, 0) is 0 Å². The van der Waals surface area contributed by atoms with E-state index in [9.17, 15) is 4.79 Å². The summed E-state index contributed by atoms with van der Waals surface area (Å²) in [5.74, 6) is -0.161. The van der Waals surface area contributed by atoms with Crippen molar-refractivity contribution < 1.29 is 4.79 Å². The van der Waals surface area contributed by atoms with Crippen LogP contribution in [0.25, 0.3) is 5.69 Å². The number of carbonyl (C=O) groups excluding carboxylic acids is 1. The van der Waals surface area contributed by atoms with E-state index < -0.39 is 0 Å². The minimum Gasteiger partial charge on any atom is -0.399 e. The predicted molar refractivity (Wildman–Crippen MR) is 80.5 cm³/mol. The Morgan fingerprint density at radius 1 is 1.45 bits per heavy atom. The summed E-state index contributed by atoms with van der Waals surface area (Å²) >= 11 is 6.17. The number of aromatic nitrogens is 2. The number of nitrogens with zero attached hydrogens (tertiary/aromatic N) is 2. The van der Waals surface area contributed by atoms with Crippen molar-refractivity contribution in [1.29, 1.82) is 0 Å². The highest BCUT2D eigenvalue weighted by Gasteiger charge is 2.17. The van der Waals surface area contributed by atoms with Crippen molar-refractivity contribution in [1.82, 2.24) is 15.1 Å². The van der Waals surface area contributed by atoms with Gasteiger partial charge in [0.15, 0.2) is 0 Å². The summed E-state index contributed by atoms with van der Waals surface area (Å²) in [6.45, 7) is 6.10. The molecule has 0 unspecified atom stereocenters. The fourth-order valence-corrected chi connectivity index (χ4v) is 2.15. The van der Waals surface area contributed by atoms with E-state index in [2.05, 4.69) is 10.4 Å². The second kappa shape index (κ2) is 5.54. The van der Waals surface area contributed by atoms with Gasteiger partial charge in [0.05, 0.1) is 27.7 Å². The van der Waals surface area contributed by atoms with Crippen molar-refractivity contribution in [3.63, 3.8) is 0 Å². The molecule has 1 aromatic carbocycles. The molecule has 0 aliphatic rings. The minimum absolute atomic E-state index is 0.161. The van der Waals surface area contributed by atoms with Crippen molar-refractivity contribution in [2.75, 3.05) is 12.3 Å². The van der Waals surface area contributed by atoms with Gasteiger partial charge in [0.25, 0.3) is 5.91 Å². The number of nitrogens with one attached hydrogen (secondary N) is 1. The third-order valence-corrected chi connectivity index (χ3v) is 3.58. The molecule has 0 saturated carbocycles. The van der Waals surface area contributed by atoms with E-state index in [1.165, 1.54) is 0 Å². The molecule has 0 aliphatic heterocycles. The van der Waals surface area contributed by atoms with Gasteiger partial charge in [0.1, 0.15) is 0 Å². The molecule has 2 rings (SSSR count). The lowest BCUT2D eigenvalue weighted by atomic mass is 10.1. The molecule has 0 atom stereocenters. The molecule has 20 heavy (non-hydrogen) atoms. The minimum atomic E-state index is -0.161. The number of carbonyl (C=O) groups is 1. The Kier molecular flexibility index (Phi) is 3.99. The molecule has 1 amide bonds. The zero-order valence-corrected chi connectivity index (χ0v) is 12.5. The molecule has 1 heterocycles. The number of hydrogen-bond donors (Lipinski definition) is 2. The highest BCUT2D eigenvalue weighted by atomic mass is 35.5. The van der Waals surface area contributed by atoms with Crippen molar-refractivity contribution in [3.8, 4) is 5.69 Å². The normalized spacial score (nSPS) is 10.6. The summed E-state index contributed by atoms with van der Waals surface area (Å²) in [4.78, 5) is 12.1. The summed E-state index contributed by atoms with van der Waals surface area (Å²) in [6.07, 6.45) is 0. The molecular formula is C14H17ClN4O. The number of anilines is 1. The topological polar surface area (TPSA) is 72.9 Å². The number of nitrogens with two attached hydrogens (primary N) is 1. The Labute approximate surface area is 122 Å². The first-order chi connectivity index (χ1) is 9.45. The first kappa shape index (κ1) is 14.4. The molecule has 0 spiro atoms. The van der Waals surface area contributed by atoms with Crippen molar-refractivity contribution in [3.05, 3.63) is 40.2 Å². The molecule has 0 fully saturated rings. The van der Waals surface area contributed by atoms with E-state index >= 15 is 0 Å². The molecule has 0 radical (unpaired) electrons. The summed E-state index contributed by atoms with van der Waals surface area (Å²) in [5.41, 5.74) is 9.03. The Balaban J connectivity index is 2.62. The lowest BCUT2D eigenvalue weighted by Crippen LogP contribution is -2.24. The molecule has 0 bridgehead atoms. The molecule has 2 aromatic rings. The quantitative estimate of drug-likeness (QED) is 0.854. The number of rotatable bonds is 3. The van der Waals surface area contributed by atoms with Crippen LogP contribution in [0.15, 0.2) is 18.2 Å². The molecule has 5 nitrogen and oxygen atoms in total. The molecule has 106 valence electrons. The number of nitrogen functional groups attached to an aromatic ring is 1. The smallest absolute Gasteiger partial charge is 0.253 e. The van der Waals surface area contributed by atoms with E-state index in [0.717, 1.165) is 5.69 Å². The highest BCUT2D eigenvalue weighted by molar-refractivity contribution is 6.31. The Hall–Kier alpha value is -2.01. The molecule has 3 N–H and O–H groups in total. The van der Waals surface area contributed by atoms with Crippen LogP contribution in [0.3, 0.4) is 0 Å². The summed E-state index contributed by atoms with van der Waals surface area (Å²) < 4.78 is 1.65. The van der Waals surface area contributed by atoms with Crippen LogP contribution in [0.2, 0.25) is 5.02 Å². The van der Waals surface area contributed by atoms with Crippen LogP contribution < -0.4 is 11.1 Å². The second-order valence-electron chi connectivity index (χ2n) is 4.53. The Morgan fingerprint density at radius 3 is 2.70 bits per heavy atom. The van der Waals surface area contributed by atoms with Crippen LogP contribution in [0.4, 0.5) is 5.69 Å². The summed E-state index contributed by atoms with van der Waals surface area (Å²) in [7, 11) is 0. The van der Waals surface area contributed by atoms with Gasteiger partial charge in [-0.1, -0.05) is 11.6 Å². The largest absolute Gasteiger partial charge is 0.399 e. The fraction of sp³-hybridized carbons (Fsp3) is 0.286. The monoisotopic (exact) mass is 292 g/mol. The van der Waals surface area contributed by atoms with Crippen LogP contribution in [0.5, 0.6) is 0 Å². The third kappa shape index (κ3) is 2.49. The third-order valence-electron chi connectivity index (χ3n) is 3.03. The standard InChI is InChI=1S/C14H17ClN4O/c1-4-17-14(20)11-6-5-10(16)7-12(11)19-9(3)13(15)8(2)18-19/h5-7H,4,16H2,1-3H3,(H,17,20). The van der Waals surface area contributed by atoms with E-state index in [-0.39, 0.29) is 5.91 Å². The van der Waals surface area contributed by atoms with Gasteiger partial charge in [-0.2, -0.15) is 5.10 Å². The van der Waals surface area contributed by atoms with E-state index in [1.807, 2.05) is 20.8 Å². The molecule has 1 aromatic heterocycles. The van der Waals surface area contributed by atoms with Gasteiger partial charge in [-0.3, -0.25) is 4.79 Å². The van der Waals surface area contributed by atoms with Crippen LogP contribution in [0, 0.1) is 13.8 Å². The lowest BCUT2D eigenvalue weighted by molar-refractivity contribution is 0.0955. The molecule has 0 aliphatic carbocycles. The van der Waals surface area contributed by atoms with Gasteiger partial charge in [0.2, 0.25) is 0 Å². The fourth-order valence-electron chi connectivity index (χ4n) is 2.03. The van der Waals surface area contributed by atoms with E-state index in [0.29, 0.717) is 34.2 Å². The zero-order chi connectivity index (χ0) is 14.9. The second-order valence-corrected chi connectivity index (χ2v) is 4.91. The number of halogens is 1. The average molecular weight is 293 g/mol. The SMILES string of the molecule is CCNC(=O)c1ccc(N)cc1-n1nc(C)c(Cl)c1C. The van der Waals surface area contributed by atoms with Gasteiger partial charge in [-0.05, 0) is 39.0 Å². The zero-order valence-electron chi connectivity index (χ0n) is 11.7. The van der Waals surface area contributed by atoms with Gasteiger partial charge < -0.3 is 11.1 Å². The maximum Gasteiger partial charge on any atom is 0.253 e. The van der Waals surface area contributed by atoms with Crippen LogP contribution in [0.1, 0.15) is 28.7 Å². The van der Waals surface area contributed by atoms with Crippen molar-refractivity contribution in [2.24, 2.45) is 0 Å². The molecule has 0 saturated heterocycles. The van der Waals surface area contributed by atoms with Gasteiger partial charge in [-0.15, -0.1) is 0 Å². The Morgan fingerprint density at radius 2 is 2.15 bits per heavy atom. The Bertz CT molecular complexity index is 663. The maximum absolute atomic E-state index is 12.1. The van der Waals surface area contributed by atoms with Gasteiger partial charge >= 0.3 is 0 Å². The van der Waals surface area contributed by atoms with Crippen LogP contribution in [-0.4, -0.2) is 22.2 Å². The highest BCUT2D eigenvalue weighted by Crippen LogP contribution is 2.25. The number of aryl methyl sites for hydroxylation is 1. The lowest BCUT2D eigenvalue weighted by Gasteiger charge is -2.12. The van der Waals surface area contributed by atoms with E-state index in [1.54, 1.807) is 22.9 Å². The average Bonchev–Trinajstić information content (AvgIpc) is 2.66. The first-order valence-corrected chi connectivity index (χ1v) is 6.73. The summed E-state index contributed by atoms with van der Waals surface area (Å²) in [6, 6.07) is 5.11. The first-order valence-electron chi connectivity index (χ1n) is 6.35. The van der Waals surface area contributed by atoms with Crippen LogP contribution >= 0.6 is 11.6 Å².